The van der Waals surface area contributed by atoms with Crippen LogP contribution in [0.5, 0.6) is 0 Å². The van der Waals surface area contributed by atoms with Gasteiger partial charge in [-0.2, -0.15) is 13.2 Å². The number of ketones is 1. The van der Waals surface area contributed by atoms with Crippen molar-refractivity contribution >= 4 is 5.78 Å². The van der Waals surface area contributed by atoms with Crippen molar-refractivity contribution < 1.29 is 22.4 Å². The molecule has 2 saturated heterocycles. The standard InChI is InChI=1S/C17H19F4NO/c1-22-13-4-5-14(22)7-11(6-13)16(23)8-10-2-3-12(9-15(10)18)17(19,20)21/h2-3,9,11,13-14H,4-8H2,1H3. The summed E-state index contributed by atoms with van der Waals surface area (Å²) in [4.78, 5) is 14.7. The molecule has 2 nitrogen and oxygen atoms in total. The molecule has 0 saturated carbocycles. The second-order valence-electron chi connectivity index (χ2n) is 6.67. The van der Waals surface area contributed by atoms with Crippen LogP contribution in [0.1, 0.15) is 36.8 Å². The van der Waals surface area contributed by atoms with Gasteiger partial charge in [0.2, 0.25) is 0 Å². The van der Waals surface area contributed by atoms with Crippen molar-refractivity contribution in [1.29, 1.82) is 0 Å². The van der Waals surface area contributed by atoms with Gasteiger partial charge in [0, 0.05) is 24.4 Å². The molecule has 2 unspecified atom stereocenters. The van der Waals surface area contributed by atoms with Gasteiger partial charge in [-0.05, 0) is 50.4 Å². The number of piperidine rings is 1. The normalized spacial score (nSPS) is 28.1. The summed E-state index contributed by atoms with van der Waals surface area (Å²) >= 11 is 0. The molecule has 0 radical (unpaired) electrons. The van der Waals surface area contributed by atoms with Crippen LogP contribution in [0.3, 0.4) is 0 Å². The minimum Gasteiger partial charge on any atom is -0.300 e. The van der Waals surface area contributed by atoms with E-state index in [2.05, 4.69) is 11.9 Å². The molecule has 2 heterocycles. The molecule has 0 amide bonds. The Kier molecular flexibility index (Phi) is 4.21. The first-order chi connectivity index (χ1) is 10.8. The SMILES string of the molecule is CN1C2CCC1CC(C(=O)Cc1ccc(C(F)(F)F)cc1F)C2. The fourth-order valence-corrected chi connectivity index (χ4v) is 3.87. The third-order valence-electron chi connectivity index (χ3n) is 5.30. The van der Waals surface area contributed by atoms with E-state index in [0.717, 1.165) is 37.8 Å². The lowest BCUT2D eigenvalue weighted by Crippen LogP contribution is -2.42. The molecule has 2 atom stereocenters. The van der Waals surface area contributed by atoms with E-state index in [0.29, 0.717) is 18.2 Å². The van der Waals surface area contributed by atoms with Crippen LogP contribution in [0.15, 0.2) is 18.2 Å². The number of carbonyl (C=O) groups excluding carboxylic acids is 1. The number of alkyl halides is 3. The summed E-state index contributed by atoms with van der Waals surface area (Å²) in [6, 6.07) is 3.20. The maximum Gasteiger partial charge on any atom is 0.416 e. The molecule has 0 N–H and O–H groups in total. The first kappa shape index (κ1) is 16.4. The van der Waals surface area contributed by atoms with Crippen LogP contribution in [0, 0.1) is 11.7 Å². The van der Waals surface area contributed by atoms with E-state index in [4.69, 9.17) is 0 Å². The number of nitrogens with zero attached hydrogens (tertiary/aromatic N) is 1. The average Bonchev–Trinajstić information content (AvgIpc) is 2.70. The second-order valence-corrected chi connectivity index (χ2v) is 6.67. The van der Waals surface area contributed by atoms with E-state index >= 15 is 0 Å². The first-order valence-corrected chi connectivity index (χ1v) is 7.86. The summed E-state index contributed by atoms with van der Waals surface area (Å²) in [7, 11) is 2.07. The summed E-state index contributed by atoms with van der Waals surface area (Å²) < 4.78 is 51.5. The Hall–Kier alpha value is -1.43. The first-order valence-electron chi connectivity index (χ1n) is 7.86. The van der Waals surface area contributed by atoms with E-state index in [1.54, 1.807) is 0 Å². The molecule has 0 aromatic heterocycles. The van der Waals surface area contributed by atoms with Crippen LogP contribution in [0.4, 0.5) is 17.6 Å². The molecule has 126 valence electrons. The third kappa shape index (κ3) is 3.27. The molecular weight excluding hydrogens is 310 g/mol. The van der Waals surface area contributed by atoms with Crippen LogP contribution in [0.25, 0.3) is 0 Å². The van der Waals surface area contributed by atoms with Crippen LogP contribution < -0.4 is 0 Å². The van der Waals surface area contributed by atoms with Crippen molar-refractivity contribution in [3.63, 3.8) is 0 Å². The fraction of sp³-hybridized carbons (Fsp3) is 0.588. The van der Waals surface area contributed by atoms with Gasteiger partial charge in [-0.1, -0.05) is 6.07 Å². The Labute approximate surface area is 132 Å². The lowest BCUT2D eigenvalue weighted by Gasteiger charge is -2.35. The highest BCUT2D eigenvalue weighted by Gasteiger charge is 2.40. The Bertz CT molecular complexity index is 599. The van der Waals surface area contributed by atoms with Gasteiger partial charge < -0.3 is 4.90 Å². The minimum atomic E-state index is -4.57. The number of rotatable bonds is 3. The van der Waals surface area contributed by atoms with Gasteiger partial charge in [-0.25, -0.2) is 4.39 Å². The molecule has 2 aliphatic heterocycles. The number of hydrogen-bond donors (Lipinski definition) is 0. The van der Waals surface area contributed by atoms with Crippen molar-refractivity contribution in [1.82, 2.24) is 4.90 Å². The van der Waals surface area contributed by atoms with Gasteiger partial charge in [-0.3, -0.25) is 4.79 Å². The number of fused-ring (bicyclic) bond motifs is 2. The maximum atomic E-state index is 13.9. The lowest BCUT2D eigenvalue weighted by atomic mass is 9.85. The highest BCUT2D eigenvalue weighted by molar-refractivity contribution is 5.83. The predicted octanol–water partition coefficient (Wildman–Crippen LogP) is 3.83. The Morgan fingerprint density at radius 3 is 2.35 bits per heavy atom. The van der Waals surface area contributed by atoms with Crippen LogP contribution in [-0.2, 0) is 17.4 Å². The smallest absolute Gasteiger partial charge is 0.300 e. The number of carbonyl (C=O) groups is 1. The molecule has 6 heteroatoms. The zero-order valence-electron chi connectivity index (χ0n) is 12.9. The second kappa shape index (κ2) is 5.89. The van der Waals surface area contributed by atoms with Crippen molar-refractivity contribution in [3.05, 3.63) is 35.1 Å². The quantitative estimate of drug-likeness (QED) is 0.786. The molecule has 3 rings (SSSR count). The highest BCUT2D eigenvalue weighted by Crippen LogP contribution is 2.38. The van der Waals surface area contributed by atoms with Gasteiger partial charge >= 0.3 is 6.18 Å². The zero-order valence-corrected chi connectivity index (χ0v) is 12.9. The molecule has 0 spiro atoms. The van der Waals surface area contributed by atoms with E-state index < -0.39 is 17.6 Å². The molecule has 1 aromatic rings. The zero-order chi connectivity index (χ0) is 16.8. The molecule has 2 fully saturated rings. The van der Waals surface area contributed by atoms with Gasteiger partial charge in [-0.15, -0.1) is 0 Å². The van der Waals surface area contributed by atoms with E-state index in [1.165, 1.54) is 0 Å². The third-order valence-corrected chi connectivity index (χ3v) is 5.30. The summed E-state index contributed by atoms with van der Waals surface area (Å²) in [5.41, 5.74) is -0.974. The number of halogens is 4. The summed E-state index contributed by atoms with van der Waals surface area (Å²) in [6.07, 6.45) is -0.990. The minimum absolute atomic E-state index is 0.0503. The van der Waals surface area contributed by atoms with E-state index in [9.17, 15) is 22.4 Å². The number of hydrogen-bond acceptors (Lipinski definition) is 2. The molecule has 1 aromatic carbocycles. The van der Waals surface area contributed by atoms with E-state index in [-0.39, 0.29) is 23.7 Å². The number of Topliss-reactive ketones (excluding diaryl/α,β-unsaturated/α-hetero) is 1. The van der Waals surface area contributed by atoms with Gasteiger partial charge in [0.25, 0.3) is 0 Å². The Morgan fingerprint density at radius 2 is 1.83 bits per heavy atom. The van der Waals surface area contributed by atoms with Crippen molar-refractivity contribution in [3.8, 4) is 0 Å². The van der Waals surface area contributed by atoms with E-state index in [1.807, 2.05) is 0 Å². The molecule has 2 bridgehead atoms. The van der Waals surface area contributed by atoms with Crippen LogP contribution >= 0.6 is 0 Å². The summed E-state index contributed by atoms with van der Waals surface area (Å²) in [5.74, 6) is -1.12. The number of benzene rings is 1. The molecule has 0 aliphatic carbocycles. The summed E-state index contributed by atoms with van der Waals surface area (Å²) in [5, 5.41) is 0. The average molecular weight is 329 g/mol. The van der Waals surface area contributed by atoms with Crippen molar-refractivity contribution in [2.24, 2.45) is 5.92 Å². The Balaban J connectivity index is 1.69. The molecule has 23 heavy (non-hydrogen) atoms. The predicted molar refractivity (Wildman–Crippen MR) is 77.4 cm³/mol. The highest BCUT2D eigenvalue weighted by atomic mass is 19.4. The van der Waals surface area contributed by atoms with Gasteiger partial charge in [0.15, 0.2) is 0 Å². The molecule has 2 aliphatic rings. The van der Waals surface area contributed by atoms with Gasteiger partial charge in [0.05, 0.1) is 5.56 Å². The monoisotopic (exact) mass is 329 g/mol. The molecular formula is C17H19F4NO. The lowest BCUT2D eigenvalue weighted by molar-refractivity contribution is -0.137. The maximum absolute atomic E-state index is 13.9. The van der Waals surface area contributed by atoms with Crippen molar-refractivity contribution in [2.45, 2.75) is 50.4 Å². The van der Waals surface area contributed by atoms with Gasteiger partial charge in [0.1, 0.15) is 11.6 Å². The van der Waals surface area contributed by atoms with Crippen molar-refractivity contribution in [2.75, 3.05) is 7.05 Å². The van der Waals surface area contributed by atoms with Crippen LogP contribution in [0.2, 0.25) is 0 Å². The fourth-order valence-electron chi connectivity index (χ4n) is 3.87. The topological polar surface area (TPSA) is 20.3 Å². The largest absolute Gasteiger partial charge is 0.416 e. The van der Waals surface area contributed by atoms with Crippen LogP contribution in [-0.4, -0.2) is 29.8 Å². The summed E-state index contributed by atoms with van der Waals surface area (Å²) in [6.45, 7) is 0. The Morgan fingerprint density at radius 1 is 1.22 bits per heavy atom.